The zero-order valence-electron chi connectivity index (χ0n) is 10.9. The Morgan fingerprint density at radius 3 is 2.75 bits per heavy atom. The van der Waals surface area contributed by atoms with Gasteiger partial charge in [-0.3, -0.25) is 4.79 Å². The molecule has 0 aromatic heterocycles. The zero-order valence-corrected chi connectivity index (χ0v) is 11.7. The van der Waals surface area contributed by atoms with Crippen LogP contribution in [0.2, 0.25) is 0 Å². The quantitative estimate of drug-likeness (QED) is 0.762. The molecule has 2 heterocycles. The smallest absolute Gasteiger partial charge is 0.254 e. The molecule has 0 radical (unpaired) electrons. The first-order valence-corrected chi connectivity index (χ1v) is 8.27. The van der Waals surface area contributed by atoms with Crippen LogP contribution in [-0.2, 0) is 9.84 Å². The van der Waals surface area contributed by atoms with Gasteiger partial charge in [0.25, 0.3) is 5.91 Å². The molecule has 2 aliphatic rings. The molecule has 3 rings (SSSR count). The molecule has 0 bridgehead atoms. The van der Waals surface area contributed by atoms with E-state index in [-0.39, 0.29) is 30.8 Å². The molecular formula is C13H15NO5S. The van der Waals surface area contributed by atoms with E-state index in [0.29, 0.717) is 30.0 Å². The van der Waals surface area contributed by atoms with Crippen LogP contribution >= 0.6 is 0 Å². The molecule has 0 N–H and O–H groups in total. The van der Waals surface area contributed by atoms with Crippen LogP contribution in [0.4, 0.5) is 0 Å². The van der Waals surface area contributed by atoms with Crippen LogP contribution in [0, 0.1) is 0 Å². The summed E-state index contributed by atoms with van der Waals surface area (Å²) in [5, 5.41) is 0. The van der Waals surface area contributed by atoms with E-state index >= 15 is 0 Å². The van der Waals surface area contributed by atoms with Crippen molar-refractivity contribution < 1.29 is 22.7 Å². The summed E-state index contributed by atoms with van der Waals surface area (Å²) in [6.45, 7) is 0.872. The van der Waals surface area contributed by atoms with Gasteiger partial charge in [-0.2, -0.15) is 0 Å². The van der Waals surface area contributed by atoms with Gasteiger partial charge in [-0.05, 0) is 24.6 Å². The molecule has 0 atom stereocenters. The monoisotopic (exact) mass is 297 g/mol. The minimum Gasteiger partial charge on any atom is -0.454 e. The van der Waals surface area contributed by atoms with Gasteiger partial charge >= 0.3 is 0 Å². The summed E-state index contributed by atoms with van der Waals surface area (Å²) in [4.78, 5) is 14.0. The third kappa shape index (κ3) is 2.58. The number of amides is 1. The van der Waals surface area contributed by atoms with Gasteiger partial charge in [0.1, 0.15) is 0 Å². The lowest BCUT2D eigenvalue weighted by molar-refractivity contribution is 0.0768. The van der Waals surface area contributed by atoms with Gasteiger partial charge in [-0.25, -0.2) is 8.42 Å². The maximum Gasteiger partial charge on any atom is 0.254 e. The van der Waals surface area contributed by atoms with E-state index in [1.807, 2.05) is 0 Å². The molecule has 7 heteroatoms. The Morgan fingerprint density at radius 1 is 1.10 bits per heavy atom. The maximum absolute atomic E-state index is 12.4. The molecule has 1 fully saturated rings. The summed E-state index contributed by atoms with van der Waals surface area (Å²) in [6.07, 6.45) is 0.485. The van der Waals surface area contributed by atoms with E-state index in [9.17, 15) is 13.2 Å². The molecule has 20 heavy (non-hydrogen) atoms. The van der Waals surface area contributed by atoms with Crippen molar-refractivity contribution in [2.45, 2.75) is 6.42 Å². The molecule has 0 unspecified atom stereocenters. The molecular weight excluding hydrogens is 282 g/mol. The second-order valence-electron chi connectivity index (χ2n) is 4.87. The number of sulfone groups is 1. The normalized spacial score (nSPS) is 20.5. The van der Waals surface area contributed by atoms with Crippen molar-refractivity contribution in [3.63, 3.8) is 0 Å². The van der Waals surface area contributed by atoms with Gasteiger partial charge in [0.15, 0.2) is 21.3 Å². The SMILES string of the molecule is O=C(c1ccc2c(c1)OCO2)N1CCCS(=O)(=O)CC1. The number of hydrogen-bond acceptors (Lipinski definition) is 5. The van der Waals surface area contributed by atoms with Crippen LogP contribution < -0.4 is 9.47 Å². The van der Waals surface area contributed by atoms with Crippen LogP contribution in [0.3, 0.4) is 0 Å². The van der Waals surface area contributed by atoms with Crippen LogP contribution in [0.1, 0.15) is 16.8 Å². The van der Waals surface area contributed by atoms with Crippen molar-refractivity contribution in [3.8, 4) is 11.5 Å². The highest BCUT2D eigenvalue weighted by Crippen LogP contribution is 2.32. The maximum atomic E-state index is 12.4. The number of ether oxygens (including phenoxy) is 2. The lowest BCUT2D eigenvalue weighted by Crippen LogP contribution is -2.33. The summed E-state index contributed by atoms with van der Waals surface area (Å²) in [5.74, 6) is 1.19. The largest absolute Gasteiger partial charge is 0.454 e. The molecule has 0 saturated carbocycles. The van der Waals surface area contributed by atoms with E-state index < -0.39 is 9.84 Å². The third-order valence-corrected chi connectivity index (χ3v) is 5.18. The van der Waals surface area contributed by atoms with Gasteiger partial charge in [-0.1, -0.05) is 0 Å². The summed E-state index contributed by atoms with van der Waals surface area (Å²) >= 11 is 0. The molecule has 2 aliphatic heterocycles. The van der Waals surface area contributed by atoms with Crippen molar-refractivity contribution in [1.82, 2.24) is 4.90 Å². The van der Waals surface area contributed by atoms with Crippen molar-refractivity contribution in [3.05, 3.63) is 23.8 Å². The molecule has 0 spiro atoms. The summed E-state index contributed by atoms with van der Waals surface area (Å²) in [6, 6.07) is 5.02. The number of carbonyl (C=O) groups is 1. The Labute approximate surface area is 117 Å². The number of benzene rings is 1. The Balaban J connectivity index is 1.78. The van der Waals surface area contributed by atoms with Crippen LogP contribution in [0.15, 0.2) is 18.2 Å². The Bertz CT molecular complexity index is 640. The molecule has 0 aliphatic carbocycles. The van der Waals surface area contributed by atoms with Crippen molar-refractivity contribution in [1.29, 1.82) is 0 Å². The lowest BCUT2D eigenvalue weighted by Gasteiger charge is -2.19. The minimum atomic E-state index is -3.02. The van der Waals surface area contributed by atoms with Crippen molar-refractivity contribution in [2.75, 3.05) is 31.4 Å². The van der Waals surface area contributed by atoms with Crippen molar-refractivity contribution >= 4 is 15.7 Å². The highest BCUT2D eigenvalue weighted by Gasteiger charge is 2.24. The number of rotatable bonds is 1. The third-order valence-electron chi connectivity index (χ3n) is 3.46. The predicted octanol–water partition coefficient (Wildman–Crippen LogP) is 0.676. The van der Waals surface area contributed by atoms with Gasteiger partial charge in [0.05, 0.1) is 11.5 Å². The first-order valence-electron chi connectivity index (χ1n) is 6.44. The second-order valence-corrected chi connectivity index (χ2v) is 7.17. The fourth-order valence-electron chi connectivity index (χ4n) is 2.35. The van der Waals surface area contributed by atoms with E-state index in [1.54, 1.807) is 23.1 Å². The first-order chi connectivity index (χ1) is 9.55. The molecule has 1 saturated heterocycles. The number of fused-ring (bicyclic) bond motifs is 1. The Hall–Kier alpha value is -1.76. The standard InChI is InChI=1S/C13H15NO5S/c15-13(14-4-1-6-20(16,17)7-5-14)10-2-3-11-12(8-10)19-9-18-11/h2-3,8H,1,4-7,9H2. The number of carbonyl (C=O) groups excluding carboxylic acids is 1. The molecule has 1 amide bonds. The van der Waals surface area contributed by atoms with Gasteiger partial charge in [0, 0.05) is 18.7 Å². The van der Waals surface area contributed by atoms with Crippen LogP contribution in [-0.4, -0.2) is 50.6 Å². The van der Waals surface area contributed by atoms with E-state index in [4.69, 9.17) is 9.47 Å². The zero-order chi connectivity index (χ0) is 14.2. The van der Waals surface area contributed by atoms with Crippen molar-refractivity contribution in [2.24, 2.45) is 0 Å². The van der Waals surface area contributed by atoms with Gasteiger partial charge in [-0.15, -0.1) is 0 Å². The first kappa shape index (κ1) is 13.2. The number of nitrogens with zero attached hydrogens (tertiary/aromatic N) is 1. The molecule has 108 valence electrons. The second kappa shape index (κ2) is 4.97. The molecule has 1 aromatic carbocycles. The van der Waals surface area contributed by atoms with Gasteiger partial charge < -0.3 is 14.4 Å². The number of hydrogen-bond donors (Lipinski definition) is 0. The average Bonchev–Trinajstić information content (AvgIpc) is 2.81. The lowest BCUT2D eigenvalue weighted by atomic mass is 10.1. The Morgan fingerprint density at radius 2 is 1.90 bits per heavy atom. The fourth-order valence-corrected chi connectivity index (χ4v) is 3.63. The highest BCUT2D eigenvalue weighted by atomic mass is 32.2. The van der Waals surface area contributed by atoms with E-state index in [0.717, 1.165) is 0 Å². The Kier molecular flexibility index (Phi) is 3.29. The molecule has 6 nitrogen and oxygen atoms in total. The fraction of sp³-hybridized carbons (Fsp3) is 0.462. The topological polar surface area (TPSA) is 72.9 Å². The molecule has 1 aromatic rings. The summed E-state index contributed by atoms with van der Waals surface area (Å²) in [5.41, 5.74) is 0.494. The van der Waals surface area contributed by atoms with E-state index in [2.05, 4.69) is 0 Å². The van der Waals surface area contributed by atoms with Crippen LogP contribution in [0.5, 0.6) is 11.5 Å². The van der Waals surface area contributed by atoms with Gasteiger partial charge in [0.2, 0.25) is 6.79 Å². The summed E-state index contributed by atoms with van der Waals surface area (Å²) < 4.78 is 33.6. The predicted molar refractivity (Wildman–Crippen MR) is 71.7 cm³/mol. The average molecular weight is 297 g/mol. The highest BCUT2D eigenvalue weighted by molar-refractivity contribution is 7.91. The van der Waals surface area contributed by atoms with E-state index in [1.165, 1.54) is 0 Å². The van der Waals surface area contributed by atoms with Crippen LogP contribution in [0.25, 0.3) is 0 Å². The minimum absolute atomic E-state index is 0.0310. The summed E-state index contributed by atoms with van der Waals surface area (Å²) in [7, 11) is -3.02.